The number of amides is 1. The summed E-state index contributed by atoms with van der Waals surface area (Å²) in [5.74, 6) is -3.64. The molecule has 11 heteroatoms. The fourth-order valence-corrected chi connectivity index (χ4v) is 3.98. The first kappa shape index (κ1) is 24.1. The van der Waals surface area contributed by atoms with Crippen LogP contribution in [0.1, 0.15) is 40.4 Å². The van der Waals surface area contributed by atoms with E-state index in [0.29, 0.717) is 13.2 Å². The lowest BCUT2D eigenvalue weighted by molar-refractivity contribution is 0.0558. The van der Waals surface area contributed by atoms with Crippen LogP contribution in [0.5, 0.6) is 5.75 Å². The van der Waals surface area contributed by atoms with Gasteiger partial charge in [-0.3, -0.25) is 4.79 Å². The van der Waals surface area contributed by atoms with E-state index in [1.54, 1.807) is 0 Å². The van der Waals surface area contributed by atoms with Crippen molar-refractivity contribution in [2.45, 2.75) is 25.4 Å². The first-order chi connectivity index (χ1) is 16.8. The van der Waals surface area contributed by atoms with Gasteiger partial charge in [0.15, 0.2) is 11.6 Å². The highest BCUT2D eigenvalue weighted by Gasteiger charge is 2.27. The third-order valence-corrected chi connectivity index (χ3v) is 5.80. The highest BCUT2D eigenvalue weighted by molar-refractivity contribution is 5.96. The van der Waals surface area contributed by atoms with Crippen LogP contribution in [0.3, 0.4) is 0 Å². The van der Waals surface area contributed by atoms with E-state index < -0.39 is 23.4 Å². The average Bonchev–Trinajstić information content (AvgIpc) is 3.21. The zero-order valence-electron chi connectivity index (χ0n) is 18.8. The van der Waals surface area contributed by atoms with Gasteiger partial charge in [-0.05, 0) is 37.1 Å². The lowest BCUT2D eigenvalue weighted by Gasteiger charge is -2.23. The Balaban J connectivity index is 1.60. The minimum atomic E-state index is -1.24. The summed E-state index contributed by atoms with van der Waals surface area (Å²) in [6.07, 6.45) is 1.51. The number of benzene rings is 2. The molecule has 0 radical (unpaired) electrons. The zero-order valence-corrected chi connectivity index (χ0v) is 18.8. The number of anilines is 1. The number of nitrogen functional groups attached to an aromatic ring is 1. The summed E-state index contributed by atoms with van der Waals surface area (Å²) < 4.78 is 55.5. The first-order valence-corrected chi connectivity index (χ1v) is 10.8. The predicted octanol–water partition coefficient (Wildman–Crippen LogP) is 3.71. The molecule has 1 saturated heterocycles. The third kappa shape index (κ3) is 4.65. The van der Waals surface area contributed by atoms with E-state index in [1.807, 2.05) is 6.07 Å². The maximum Gasteiger partial charge on any atom is 0.255 e. The Kier molecular flexibility index (Phi) is 6.93. The van der Waals surface area contributed by atoms with Crippen molar-refractivity contribution in [3.05, 3.63) is 64.5 Å². The molecular weight excluding hydrogens is 463 g/mol. The van der Waals surface area contributed by atoms with Gasteiger partial charge < -0.3 is 20.5 Å². The summed E-state index contributed by atoms with van der Waals surface area (Å²) >= 11 is 0. The van der Waals surface area contributed by atoms with E-state index in [4.69, 9.17) is 15.2 Å². The molecule has 3 aromatic rings. The Morgan fingerprint density at radius 3 is 2.80 bits per heavy atom. The number of carbonyl (C=O) groups excluding carboxylic acids is 1. The van der Waals surface area contributed by atoms with E-state index in [1.165, 1.54) is 30.0 Å². The van der Waals surface area contributed by atoms with Crippen molar-refractivity contribution in [2.75, 3.05) is 26.1 Å². The highest BCUT2D eigenvalue weighted by atomic mass is 19.2. The highest BCUT2D eigenvalue weighted by Crippen LogP contribution is 2.33. The minimum absolute atomic E-state index is 0.0539. The summed E-state index contributed by atoms with van der Waals surface area (Å²) in [5, 5.41) is 16.3. The van der Waals surface area contributed by atoms with E-state index in [2.05, 4.69) is 10.4 Å². The molecule has 182 valence electrons. The molecule has 3 N–H and O–H groups in total. The number of ether oxygens (including phenoxy) is 2. The molecule has 2 heterocycles. The molecule has 0 saturated carbocycles. The van der Waals surface area contributed by atoms with Crippen molar-refractivity contribution < 1.29 is 27.4 Å². The summed E-state index contributed by atoms with van der Waals surface area (Å²) in [6.45, 7) is 0.587. The van der Waals surface area contributed by atoms with Crippen LogP contribution in [-0.2, 0) is 11.3 Å². The maximum atomic E-state index is 15.1. The lowest BCUT2D eigenvalue weighted by Crippen LogP contribution is -2.24. The zero-order chi connectivity index (χ0) is 25.1. The lowest BCUT2D eigenvalue weighted by atomic mass is 10.0. The molecule has 1 atom stereocenters. The van der Waals surface area contributed by atoms with Crippen molar-refractivity contribution >= 4 is 11.7 Å². The number of rotatable bonds is 6. The number of methoxy groups -OCH3 is 1. The Bertz CT molecular complexity index is 1310. The molecule has 1 aromatic heterocycles. The largest absolute Gasteiger partial charge is 0.496 e. The Morgan fingerprint density at radius 1 is 1.31 bits per heavy atom. The van der Waals surface area contributed by atoms with Crippen LogP contribution in [0.25, 0.3) is 11.3 Å². The van der Waals surface area contributed by atoms with Gasteiger partial charge in [-0.1, -0.05) is 6.07 Å². The topological polar surface area (TPSA) is 115 Å². The van der Waals surface area contributed by atoms with Crippen LogP contribution in [-0.4, -0.2) is 36.0 Å². The van der Waals surface area contributed by atoms with Gasteiger partial charge in [-0.25, -0.2) is 17.9 Å². The summed E-state index contributed by atoms with van der Waals surface area (Å²) in [6, 6.07) is 7.65. The molecule has 1 amide bonds. The quantitative estimate of drug-likeness (QED) is 0.550. The monoisotopic (exact) mass is 485 g/mol. The van der Waals surface area contributed by atoms with E-state index in [-0.39, 0.29) is 52.1 Å². The van der Waals surface area contributed by atoms with Crippen molar-refractivity contribution in [1.82, 2.24) is 15.1 Å². The van der Waals surface area contributed by atoms with Crippen molar-refractivity contribution in [3.8, 4) is 23.1 Å². The molecule has 35 heavy (non-hydrogen) atoms. The van der Waals surface area contributed by atoms with Crippen LogP contribution in [0.4, 0.5) is 19.0 Å². The molecule has 1 aliphatic rings. The molecular formula is C24H22F3N5O3. The number of nitrogens with two attached hydrogens (primary N) is 1. The van der Waals surface area contributed by atoms with Gasteiger partial charge in [-0.2, -0.15) is 10.4 Å². The number of aromatic nitrogens is 2. The fourth-order valence-electron chi connectivity index (χ4n) is 3.98. The third-order valence-electron chi connectivity index (χ3n) is 5.80. The second-order valence-electron chi connectivity index (χ2n) is 7.96. The maximum absolute atomic E-state index is 15.1. The number of halogens is 3. The van der Waals surface area contributed by atoms with E-state index >= 15 is 4.39 Å². The first-order valence-electron chi connectivity index (χ1n) is 10.8. The van der Waals surface area contributed by atoms with Gasteiger partial charge >= 0.3 is 0 Å². The van der Waals surface area contributed by atoms with Crippen molar-refractivity contribution in [1.29, 1.82) is 5.26 Å². The number of nitrogens with zero attached hydrogens (tertiary/aromatic N) is 3. The van der Waals surface area contributed by atoms with E-state index in [0.717, 1.165) is 25.0 Å². The van der Waals surface area contributed by atoms with Crippen LogP contribution in [0.15, 0.2) is 30.3 Å². The second kappa shape index (κ2) is 10.1. The van der Waals surface area contributed by atoms with E-state index in [9.17, 15) is 18.8 Å². The summed E-state index contributed by atoms with van der Waals surface area (Å²) in [4.78, 5) is 12.5. The Hall–Kier alpha value is -4.04. The van der Waals surface area contributed by atoms with Gasteiger partial charge in [0.2, 0.25) is 0 Å². The van der Waals surface area contributed by atoms with Gasteiger partial charge in [0, 0.05) is 24.3 Å². The Labute approximate surface area is 199 Å². The number of carbonyl (C=O) groups is 1. The standard InChI is InChI=1S/C24H22F3N5O3/c1-34-19-7-5-14(25)9-17(19)24(33)30-11-13-4-6-16(21(27)20(13)26)22-18(10-28)23(29)32(31-22)15-3-2-8-35-12-15/h4-7,9,15H,2-3,8,11-12,29H2,1H3,(H,30,33). The molecule has 0 bridgehead atoms. The summed E-state index contributed by atoms with van der Waals surface area (Å²) in [7, 11) is 1.32. The second-order valence-corrected chi connectivity index (χ2v) is 7.96. The molecule has 1 fully saturated rings. The van der Waals surface area contributed by atoms with Gasteiger partial charge in [0.25, 0.3) is 5.91 Å². The van der Waals surface area contributed by atoms with Gasteiger partial charge in [-0.15, -0.1) is 0 Å². The molecule has 4 rings (SSSR count). The number of nitriles is 1. The van der Waals surface area contributed by atoms with Crippen LogP contribution in [0, 0.1) is 28.8 Å². The van der Waals surface area contributed by atoms with Crippen LogP contribution in [0.2, 0.25) is 0 Å². The van der Waals surface area contributed by atoms with Crippen molar-refractivity contribution in [2.24, 2.45) is 0 Å². The SMILES string of the molecule is COc1ccc(F)cc1C(=O)NCc1ccc(-c2nn(C3CCCOC3)c(N)c2C#N)c(F)c1F. The number of hydrogen-bond acceptors (Lipinski definition) is 6. The molecule has 0 spiro atoms. The molecule has 2 aromatic carbocycles. The molecule has 1 unspecified atom stereocenters. The molecule has 0 aliphatic carbocycles. The number of hydrogen-bond donors (Lipinski definition) is 2. The fraction of sp³-hybridized carbons (Fsp3) is 0.292. The average molecular weight is 485 g/mol. The smallest absolute Gasteiger partial charge is 0.255 e. The predicted molar refractivity (Wildman–Crippen MR) is 120 cm³/mol. The normalized spacial score (nSPS) is 15.5. The minimum Gasteiger partial charge on any atom is -0.496 e. The molecule has 8 nitrogen and oxygen atoms in total. The van der Waals surface area contributed by atoms with Gasteiger partial charge in [0.1, 0.15) is 34.7 Å². The van der Waals surface area contributed by atoms with Crippen LogP contribution >= 0.6 is 0 Å². The molecule has 1 aliphatic heterocycles. The Morgan fingerprint density at radius 2 is 2.11 bits per heavy atom. The summed E-state index contributed by atoms with van der Waals surface area (Å²) in [5.41, 5.74) is 5.48. The van der Waals surface area contributed by atoms with Crippen LogP contribution < -0.4 is 15.8 Å². The van der Waals surface area contributed by atoms with Crippen molar-refractivity contribution in [3.63, 3.8) is 0 Å². The number of nitrogens with one attached hydrogen (secondary N) is 1. The van der Waals surface area contributed by atoms with Gasteiger partial charge in [0.05, 0.1) is 25.3 Å².